The topological polar surface area (TPSA) is 59.1 Å². The summed E-state index contributed by atoms with van der Waals surface area (Å²) in [6, 6.07) is 7.11. The van der Waals surface area contributed by atoms with E-state index in [0.29, 0.717) is 5.75 Å². The van der Waals surface area contributed by atoms with Gasteiger partial charge in [-0.1, -0.05) is 22.0 Å². The molecule has 0 atom stereocenters. The third-order valence-electron chi connectivity index (χ3n) is 2.67. The van der Waals surface area contributed by atoms with Crippen molar-refractivity contribution in [3.63, 3.8) is 0 Å². The first kappa shape index (κ1) is 14.5. The first-order chi connectivity index (χ1) is 9.38. The van der Waals surface area contributed by atoms with Gasteiger partial charge in [0.2, 0.25) is 0 Å². The van der Waals surface area contributed by atoms with Gasteiger partial charge in [-0.05, 0) is 36.8 Å². The summed E-state index contributed by atoms with van der Waals surface area (Å²) in [5.41, 5.74) is 5.91. The predicted octanol–water partition coefficient (Wildman–Crippen LogP) is 4.11. The summed E-state index contributed by atoms with van der Waals surface area (Å²) < 4.78 is 33.8. The molecule has 20 heavy (non-hydrogen) atoms. The predicted molar refractivity (Wildman–Crippen MR) is 76.3 cm³/mol. The number of rotatable bonds is 3. The van der Waals surface area contributed by atoms with Crippen molar-refractivity contribution in [1.82, 2.24) is 0 Å². The molecule has 0 heterocycles. The van der Waals surface area contributed by atoms with Gasteiger partial charge in [0, 0.05) is 10.0 Å². The van der Waals surface area contributed by atoms with Crippen LogP contribution >= 0.6 is 15.9 Å². The van der Waals surface area contributed by atoms with Crippen LogP contribution in [0.5, 0.6) is 11.5 Å². The summed E-state index contributed by atoms with van der Waals surface area (Å²) in [7, 11) is 0. The number of halogens is 3. The summed E-state index contributed by atoms with van der Waals surface area (Å²) in [4.78, 5) is 0. The fourth-order valence-corrected chi connectivity index (χ4v) is 1.95. The van der Waals surface area contributed by atoms with Gasteiger partial charge in [-0.25, -0.2) is 8.78 Å². The van der Waals surface area contributed by atoms with Gasteiger partial charge in [-0.2, -0.15) is 0 Å². The molecule has 0 amide bonds. The standard InChI is InChI=1S/C14H11BrF2N2O/c1-7-2-3-9(15)6-12(7)20-13-10(16)4-8(14(18)19)5-11(13)17/h2-6H,1H3,(H3,18,19). The maximum Gasteiger partial charge on any atom is 0.198 e. The van der Waals surface area contributed by atoms with Crippen molar-refractivity contribution in [1.29, 1.82) is 5.41 Å². The van der Waals surface area contributed by atoms with Crippen LogP contribution in [-0.4, -0.2) is 5.84 Å². The van der Waals surface area contributed by atoms with Crippen LogP contribution in [0, 0.1) is 24.0 Å². The second kappa shape index (κ2) is 5.58. The van der Waals surface area contributed by atoms with E-state index in [4.69, 9.17) is 15.9 Å². The number of hydrogen-bond donors (Lipinski definition) is 2. The number of ether oxygens (including phenoxy) is 1. The third kappa shape index (κ3) is 2.96. The molecule has 0 saturated heterocycles. The molecule has 0 aliphatic carbocycles. The fraction of sp³-hybridized carbons (Fsp3) is 0.0714. The van der Waals surface area contributed by atoms with E-state index >= 15 is 0 Å². The van der Waals surface area contributed by atoms with E-state index in [1.54, 1.807) is 25.1 Å². The lowest BCUT2D eigenvalue weighted by Gasteiger charge is -2.11. The van der Waals surface area contributed by atoms with Gasteiger partial charge in [0.05, 0.1) is 0 Å². The Kier molecular flexibility index (Phi) is 4.04. The minimum absolute atomic E-state index is 0.0293. The number of amidine groups is 1. The van der Waals surface area contributed by atoms with E-state index in [1.807, 2.05) is 0 Å². The zero-order chi connectivity index (χ0) is 14.9. The molecule has 2 aromatic carbocycles. The third-order valence-corrected chi connectivity index (χ3v) is 3.16. The zero-order valence-corrected chi connectivity index (χ0v) is 12.1. The van der Waals surface area contributed by atoms with Gasteiger partial charge < -0.3 is 10.5 Å². The van der Waals surface area contributed by atoms with E-state index < -0.39 is 23.2 Å². The zero-order valence-electron chi connectivity index (χ0n) is 10.5. The van der Waals surface area contributed by atoms with Crippen molar-refractivity contribution in [3.8, 4) is 11.5 Å². The van der Waals surface area contributed by atoms with Crippen molar-refractivity contribution in [2.75, 3.05) is 0 Å². The monoisotopic (exact) mass is 340 g/mol. The molecule has 0 bridgehead atoms. The molecule has 0 aliphatic rings. The molecule has 0 aromatic heterocycles. The van der Waals surface area contributed by atoms with Crippen molar-refractivity contribution in [2.45, 2.75) is 6.92 Å². The number of nitrogens with two attached hydrogens (primary N) is 1. The van der Waals surface area contributed by atoms with E-state index in [-0.39, 0.29) is 5.56 Å². The van der Waals surface area contributed by atoms with E-state index in [9.17, 15) is 8.78 Å². The van der Waals surface area contributed by atoms with Crippen LogP contribution in [0.2, 0.25) is 0 Å². The van der Waals surface area contributed by atoms with Crippen LogP contribution in [-0.2, 0) is 0 Å². The van der Waals surface area contributed by atoms with Gasteiger partial charge in [0.15, 0.2) is 17.4 Å². The molecule has 2 rings (SSSR count). The number of nitrogen functional groups attached to an aromatic ring is 1. The number of aryl methyl sites for hydroxylation is 1. The van der Waals surface area contributed by atoms with E-state index in [0.717, 1.165) is 22.2 Å². The molecule has 104 valence electrons. The molecule has 3 N–H and O–H groups in total. The minimum Gasteiger partial charge on any atom is -0.451 e. The summed E-state index contributed by atoms with van der Waals surface area (Å²) in [6.45, 7) is 1.77. The Morgan fingerprint density at radius 3 is 2.35 bits per heavy atom. The highest BCUT2D eigenvalue weighted by Gasteiger charge is 2.15. The molecule has 3 nitrogen and oxygen atoms in total. The summed E-state index contributed by atoms with van der Waals surface area (Å²) in [5.74, 6) is -2.40. The minimum atomic E-state index is -0.908. The SMILES string of the molecule is Cc1ccc(Br)cc1Oc1c(F)cc(C(=N)N)cc1F. The van der Waals surface area contributed by atoms with Crippen molar-refractivity contribution in [2.24, 2.45) is 5.73 Å². The number of hydrogen-bond acceptors (Lipinski definition) is 2. The fourth-order valence-electron chi connectivity index (χ4n) is 1.61. The number of nitrogens with one attached hydrogen (secondary N) is 1. The van der Waals surface area contributed by atoms with E-state index in [1.165, 1.54) is 0 Å². The lowest BCUT2D eigenvalue weighted by molar-refractivity contribution is 0.405. The molecule has 2 aromatic rings. The number of benzene rings is 2. The molecule has 0 fully saturated rings. The first-order valence-electron chi connectivity index (χ1n) is 5.66. The highest BCUT2D eigenvalue weighted by atomic mass is 79.9. The maximum atomic E-state index is 13.9. The Morgan fingerprint density at radius 2 is 1.80 bits per heavy atom. The average Bonchev–Trinajstić information content (AvgIpc) is 2.37. The molecular formula is C14H11BrF2N2O. The second-order valence-corrected chi connectivity index (χ2v) is 5.11. The molecule has 0 unspecified atom stereocenters. The smallest absolute Gasteiger partial charge is 0.198 e. The molecule has 0 aliphatic heterocycles. The molecular weight excluding hydrogens is 330 g/mol. The largest absolute Gasteiger partial charge is 0.451 e. The van der Waals surface area contributed by atoms with Gasteiger partial charge in [-0.15, -0.1) is 0 Å². The normalized spacial score (nSPS) is 10.4. The Balaban J connectivity index is 2.44. The highest BCUT2D eigenvalue weighted by Crippen LogP contribution is 2.32. The lowest BCUT2D eigenvalue weighted by atomic mass is 10.2. The quantitative estimate of drug-likeness (QED) is 0.652. The molecule has 0 spiro atoms. The van der Waals surface area contributed by atoms with Crippen molar-refractivity contribution in [3.05, 3.63) is 57.6 Å². The Bertz CT molecular complexity index is 666. The Labute approximate surface area is 123 Å². The molecule has 0 radical (unpaired) electrons. The average molecular weight is 341 g/mol. The van der Waals surface area contributed by atoms with Crippen LogP contribution in [0.3, 0.4) is 0 Å². The summed E-state index contributed by atoms with van der Waals surface area (Å²) >= 11 is 3.27. The van der Waals surface area contributed by atoms with Gasteiger partial charge in [0.1, 0.15) is 11.6 Å². The molecule has 6 heteroatoms. The Hall–Kier alpha value is -1.95. The summed E-state index contributed by atoms with van der Waals surface area (Å²) in [6.07, 6.45) is 0. The van der Waals surface area contributed by atoms with Crippen LogP contribution in [0.15, 0.2) is 34.8 Å². The van der Waals surface area contributed by atoms with E-state index in [2.05, 4.69) is 15.9 Å². The van der Waals surface area contributed by atoms with Crippen LogP contribution in [0.25, 0.3) is 0 Å². The lowest BCUT2D eigenvalue weighted by Crippen LogP contribution is -2.12. The van der Waals surface area contributed by atoms with Crippen LogP contribution < -0.4 is 10.5 Å². The van der Waals surface area contributed by atoms with Gasteiger partial charge >= 0.3 is 0 Å². The summed E-state index contributed by atoms with van der Waals surface area (Å²) in [5, 5.41) is 7.18. The second-order valence-electron chi connectivity index (χ2n) is 4.19. The van der Waals surface area contributed by atoms with Gasteiger partial charge in [0.25, 0.3) is 0 Å². The molecule has 0 saturated carbocycles. The Morgan fingerprint density at radius 1 is 1.20 bits per heavy atom. The van der Waals surface area contributed by atoms with Crippen molar-refractivity contribution >= 4 is 21.8 Å². The van der Waals surface area contributed by atoms with Gasteiger partial charge in [-0.3, -0.25) is 5.41 Å². The maximum absolute atomic E-state index is 13.9. The van der Waals surface area contributed by atoms with Crippen LogP contribution in [0.4, 0.5) is 8.78 Å². The van der Waals surface area contributed by atoms with Crippen LogP contribution in [0.1, 0.15) is 11.1 Å². The first-order valence-corrected chi connectivity index (χ1v) is 6.45. The van der Waals surface area contributed by atoms with Crippen molar-refractivity contribution < 1.29 is 13.5 Å². The highest BCUT2D eigenvalue weighted by molar-refractivity contribution is 9.10.